The van der Waals surface area contributed by atoms with Crippen LogP contribution in [0.2, 0.25) is 0 Å². The van der Waals surface area contributed by atoms with Crippen LogP contribution in [0, 0.1) is 11.6 Å². The number of nitrogens with one attached hydrogen (secondary N) is 1. The van der Waals surface area contributed by atoms with Crippen molar-refractivity contribution in [2.75, 3.05) is 5.32 Å². The van der Waals surface area contributed by atoms with Crippen molar-refractivity contribution in [3.05, 3.63) is 64.1 Å². The summed E-state index contributed by atoms with van der Waals surface area (Å²) >= 11 is 2.97. The third-order valence-corrected chi connectivity index (χ3v) is 3.07. The van der Waals surface area contributed by atoms with Gasteiger partial charge in [0.05, 0.1) is 5.69 Å². The zero-order valence-electron chi connectivity index (χ0n) is 10.2. The number of anilines is 1. The van der Waals surface area contributed by atoms with E-state index in [4.69, 9.17) is 4.74 Å². The molecule has 0 aromatic heterocycles. The average molecular weight is 342 g/mol. The second kappa shape index (κ2) is 6.47. The van der Waals surface area contributed by atoms with Gasteiger partial charge in [0.2, 0.25) is 0 Å². The fourth-order valence-electron chi connectivity index (χ4n) is 1.52. The summed E-state index contributed by atoms with van der Waals surface area (Å²) in [5.74, 6) is -1.62. The van der Waals surface area contributed by atoms with E-state index in [0.29, 0.717) is 6.07 Å². The lowest BCUT2D eigenvalue weighted by Gasteiger charge is -2.09. The molecule has 0 spiro atoms. The Balaban J connectivity index is 1.98. The highest BCUT2D eigenvalue weighted by Crippen LogP contribution is 2.26. The maximum Gasteiger partial charge on any atom is 0.412 e. The van der Waals surface area contributed by atoms with Crippen LogP contribution in [-0.4, -0.2) is 6.09 Å². The highest BCUT2D eigenvalue weighted by Gasteiger charge is 2.13. The summed E-state index contributed by atoms with van der Waals surface area (Å²) in [4.78, 5) is 11.6. The van der Waals surface area contributed by atoms with Crippen LogP contribution in [0.25, 0.3) is 0 Å². The first kappa shape index (κ1) is 14.5. The summed E-state index contributed by atoms with van der Waals surface area (Å²) in [5.41, 5.74) is 0.644. The zero-order chi connectivity index (χ0) is 14.5. The number of carbonyl (C=O) groups is 1. The fourth-order valence-corrected chi connectivity index (χ4v) is 2.03. The summed E-state index contributed by atoms with van der Waals surface area (Å²) in [6, 6.07) is 10.8. The van der Waals surface area contributed by atoms with Gasteiger partial charge in [-0.2, -0.15) is 0 Å². The van der Waals surface area contributed by atoms with E-state index in [0.717, 1.165) is 11.6 Å². The number of ether oxygens (including phenoxy) is 1. The second-order valence-corrected chi connectivity index (χ2v) is 4.79. The molecule has 0 unspecified atom stereocenters. The van der Waals surface area contributed by atoms with Gasteiger partial charge in [-0.15, -0.1) is 0 Å². The molecule has 20 heavy (non-hydrogen) atoms. The topological polar surface area (TPSA) is 38.3 Å². The van der Waals surface area contributed by atoms with Crippen LogP contribution in [0.4, 0.5) is 19.3 Å². The third kappa shape index (κ3) is 3.77. The molecule has 2 aromatic rings. The van der Waals surface area contributed by atoms with Gasteiger partial charge in [0.1, 0.15) is 12.4 Å². The number of hydrogen-bond acceptors (Lipinski definition) is 2. The standard InChI is InChI=1S/C14H10BrF2NO2/c15-11-6-10(16)7-12(17)13(11)18-14(19)20-8-9-4-2-1-3-5-9/h1-7H,8H2,(H,18,19). The summed E-state index contributed by atoms with van der Waals surface area (Å²) in [6.45, 7) is 0.0626. The Morgan fingerprint density at radius 2 is 1.90 bits per heavy atom. The summed E-state index contributed by atoms with van der Waals surface area (Å²) < 4.78 is 31.4. The van der Waals surface area contributed by atoms with E-state index < -0.39 is 17.7 Å². The van der Waals surface area contributed by atoms with E-state index in [9.17, 15) is 13.6 Å². The van der Waals surface area contributed by atoms with Crippen molar-refractivity contribution in [3.8, 4) is 0 Å². The molecule has 0 aliphatic rings. The first-order chi connectivity index (χ1) is 9.56. The Hall–Kier alpha value is -1.95. The van der Waals surface area contributed by atoms with Gasteiger partial charge in [0.15, 0.2) is 5.82 Å². The maximum atomic E-state index is 13.5. The molecule has 0 saturated carbocycles. The van der Waals surface area contributed by atoms with Crippen molar-refractivity contribution >= 4 is 27.7 Å². The molecule has 6 heteroatoms. The van der Waals surface area contributed by atoms with E-state index in [1.807, 2.05) is 18.2 Å². The third-order valence-electron chi connectivity index (χ3n) is 2.45. The molecule has 1 N–H and O–H groups in total. The normalized spacial score (nSPS) is 10.2. The van der Waals surface area contributed by atoms with Gasteiger partial charge in [-0.05, 0) is 27.6 Å². The van der Waals surface area contributed by atoms with Crippen molar-refractivity contribution in [2.45, 2.75) is 6.61 Å². The minimum absolute atomic E-state index is 0.0626. The first-order valence-corrected chi connectivity index (χ1v) is 6.48. The van der Waals surface area contributed by atoms with Crippen molar-refractivity contribution in [1.29, 1.82) is 0 Å². The highest BCUT2D eigenvalue weighted by atomic mass is 79.9. The van der Waals surface area contributed by atoms with Crippen molar-refractivity contribution in [2.24, 2.45) is 0 Å². The van der Waals surface area contributed by atoms with Gasteiger partial charge in [-0.3, -0.25) is 5.32 Å². The zero-order valence-corrected chi connectivity index (χ0v) is 11.8. The van der Waals surface area contributed by atoms with Gasteiger partial charge < -0.3 is 4.74 Å². The number of benzene rings is 2. The van der Waals surface area contributed by atoms with E-state index >= 15 is 0 Å². The van der Waals surface area contributed by atoms with E-state index in [1.54, 1.807) is 12.1 Å². The first-order valence-electron chi connectivity index (χ1n) is 5.68. The molecule has 0 aliphatic carbocycles. The summed E-state index contributed by atoms with van der Waals surface area (Å²) in [6.07, 6.45) is -0.819. The Bertz CT molecular complexity index is 597. The molecule has 104 valence electrons. The number of halogens is 3. The molecule has 0 fully saturated rings. The van der Waals surface area contributed by atoms with Gasteiger partial charge in [-0.25, -0.2) is 13.6 Å². The second-order valence-electron chi connectivity index (χ2n) is 3.93. The monoisotopic (exact) mass is 341 g/mol. The minimum atomic E-state index is -0.881. The minimum Gasteiger partial charge on any atom is -0.444 e. The van der Waals surface area contributed by atoms with Crippen LogP contribution in [0.3, 0.4) is 0 Å². The molecule has 0 aliphatic heterocycles. The fraction of sp³-hybridized carbons (Fsp3) is 0.0714. The summed E-state index contributed by atoms with van der Waals surface area (Å²) in [7, 11) is 0. The molecule has 0 bridgehead atoms. The number of hydrogen-bond donors (Lipinski definition) is 1. The molecular formula is C14H10BrF2NO2. The molecule has 0 atom stereocenters. The lowest BCUT2D eigenvalue weighted by molar-refractivity contribution is 0.155. The number of carbonyl (C=O) groups excluding carboxylic acids is 1. The van der Waals surface area contributed by atoms with Gasteiger partial charge in [-0.1, -0.05) is 30.3 Å². The van der Waals surface area contributed by atoms with Gasteiger partial charge in [0.25, 0.3) is 0 Å². The molecule has 1 amide bonds. The molecule has 0 radical (unpaired) electrons. The van der Waals surface area contributed by atoms with E-state index in [2.05, 4.69) is 21.2 Å². The molecule has 3 nitrogen and oxygen atoms in total. The lowest BCUT2D eigenvalue weighted by atomic mass is 10.2. The van der Waals surface area contributed by atoms with E-state index in [-0.39, 0.29) is 16.8 Å². The number of amides is 1. The maximum absolute atomic E-state index is 13.5. The van der Waals surface area contributed by atoms with Gasteiger partial charge >= 0.3 is 6.09 Å². The smallest absolute Gasteiger partial charge is 0.412 e. The predicted molar refractivity (Wildman–Crippen MR) is 74.3 cm³/mol. The van der Waals surface area contributed by atoms with Crippen LogP contribution in [0.5, 0.6) is 0 Å². The van der Waals surface area contributed by atoms with Crippen molar-refractivity contribution in [3.63, 3.8) is 0 Å². The number of rotatable bonds is 3. The Labute approximate surface area is 122 Å². The van der Waals surface area contributed by atoms with Crippen molar-refractivity contribution in [1.82, 2.24) is 0 Å². The largest absolute Gasteiger partial charge is 0.444 e. The van der Waals surface area contributed by atoms with Crippen LogP contribution in [0.1, 0.15) is 5.56 Å². The average Bonchev–Trinajstić information content (AvgIpc) is 2.42. The van der Waals surface area contributed by atoms with Crippen LogP contribution >= 0.6 is 15.9 Å². The Morgan fingerprint density at radius 1 is 1.20 bits per heavy atom. The molecular weight excluding hydrogens is 332 g/mol. The Kier molecular flexibility index (Phi) is 4.68. The molecule has 0 saturated heterocycles. The van der Waals surface area contributed by atoms with Crippen LogP contribution < -0.4 is 5.32 Å². The lowest BCUT2D eigenvalue weighted by Crippen LogP contribution is -2.15. The SMILES string of the molecule is O=C(Nc1c(F)cc(F)cc1Br)OCc1ccccc1. The molecule has 2 aromatic carbocycles. The van der Waals surface area contributed by atoms with Crippen LogP contribution in [-0.2, 0) is 11.3 Å². The molecule has 2 rings (SSSR count). The van der Waals surface area contributed by atoms with Crippen molar-refractivity contribution < 1.29 is 18.3 Å². The quantitative estimate of drug-likeness (QED) is 0.893. The predicted octanol–water partition coefficient (Wildman–Crippen LogP) is 4.48. The summed E-state index contributed by atoms with van der Waals surface area (Å²) in [5, 5.41) is 2.23. The van der Waals surface area contributed by atoms with Gasteiger partial charge in [0, 0.05) is 10.5 Å². The highest BCUT2D eigenvalue weighted by molar-refractivity contribution is 9.10. The molecule has 0 heterocycles. The van der Waals surface area contributed by atoms with E-state index in [1.165, 1.54) is 0 Å². The Morgan fingerprint density at radius 3 is 2.55 bits per heavy atom. The van der Waals surface area contributed by atoms with Crippen LogP contribution in [0.15, 0.2) is 46.9 Å².